The molecule has 1 rings (SSSR count). The predicted molar refractivity (Wildman–Crippen MR) is 87.8 cm³/mol. The Bertz CT molecular complexity index is 408. The molecule has 0 amide bonds. The number of halogens is 1. The van der Waals surface area contributed by atoms with Crippen LogP contribution in [0.4, 0.5) is 0 Å². The molecule has 0 aromatic heterocycles. The fourth-order valence-electron chi connectivity index (χ4n) is 1.59. The predicted octanol–water partition coefficient (Wildman–Crippen LogP) is -0.239. The molecule has 24 heavy (non-hydrogen) atoms. The molecular formula is C14H27ClN4NiO4+2. The van der Waals surface area contributed by atoms with E-state index in [1.54, 1.807) is 0 Å². The molecule has 0 aromatic rings. The zero-order valence-electron chi connectivity index (χ0n) is 14.5. The quantitative estimate of drug-likeness (QED) is 0.476. The SMILES string of the molecule is CC1=NCCCN=C(C)C(C)=NCCCN=C1C.[Ni+2].[O-][Cl+](O)(O)O. The number of aliphatic imine (C=N–C) groups is 4. The molecule has 1 aliphatic heterocycles. The number of rotatable bonds is 0. The van der Waals surface area contributed by atoms with Crippen LogP contribution in [-0.4, -0.2) is 63.0 Å². The molecule has 0 spiro atoms. The molecule has 0 fully saturated rings. The second kappa shape index (κ2) is 13.6. The van der Waals surface area contributed by atoms with E-state index < -0.39 is 10.2 Å². The van der Waals surface area contributed by atoms with E-state index in [0.717, 1.165) is 61.9 Å². The van der Waals surface area contributed by atoms with Crippen LogP contribution in [0, 0.1) is 10.2 Å². The van der Waals surface area contributed by atoms with E-state index >= 15 is 0 Å². The van der Waals surface area contributed by atoms with E-state index in [-0.39, 0.29) is 16.5 Å². The van der Waals surface area contributed by atoms with Gasteiger partial charge in [-0.2, -0.15) is 0 Å². The molecule has 8 nitrogen and oxygen atoms in total. The van der Waals surface area contributed by atoms with Gasteiger partial charge in [-0.05, 0) is 40.5 Å². The van der Waals surface area contributed by atoms with Crippen LogP contribution in [-0.2, 0) is 16.5 Å². The van der Waals surface area contributed by atoms with E-state index in [4.69, 9.17) is 18.6 Å². The van der Waals surface area contributed by atoms with E-state index in [2.05, 4.69) is 20.0 Å². The monoisotopic (exact) mass is 408 g/mol. The van der Waals surface area contributed by atoms with E-state index in [9.17, 15) is 0 Å². The molecule has 0 atom stereocenters. The molecule has 0 aromatic carbocycles. The molecular weight excluding hydrogens is 382 g/mol. The first kappa shape index (κ1) is 25.5. The van der Waals surface area contributed by atoms with Crippen molar-refractivity contribution in [3.63, 3.8) is 0 Å². The summed E-state index contributed by atoms with van der Waals surface area (Å²) in [4.78, 5) is 18.1. The molecule has 1 heterocycles. The molecule has 0 saturated heterocycles. The van der Waals surface area contributed by atoms with Crippen molar-refractivity contribution >= 4 is 22.8 Å². The Balaban J connectivity index is 0. The minimum absolute atomic E-state index is 0. The van der Waals surface area contributed by atoms with Crippen LogP contribution in [0.5, 0.6) is 0 Å². The fraction of sp³-hybridized carbons (Fsp3) is 0.714. The Morgan fingerprint density at radius 3 is 1.00 bits per heavy atom. The van der Waals surface area contributed by atoms with Gasteiger partial charge < -0.3 is 0 Å². The van der Waals surface area contributed by atoms with Crippen LogP contribution in [0.1, 0.15) is 40.5 Å². The van der Waals surface area contributed by atoms with Crippen molar-refractivity contribution in [2.45, 2.75) is 40.5 Å². The Hall–Kier alpha value is -0.696. The van der Waals surface area contributed by atoms with Crippen molar-refractivity contribution < 1.29 is 45.4 Å². The summed E-state index contributed by atoms with van der Waals surface area (Å²) in [5.74, 6) is 0. The standard InChI is InChI=1S/C14H24N4.ClH3O4.Ni/c1-11-12(2)16-8-6-10-18-14(4)13(3)17-9-5-7-15-11;2-1(3,4)5;/h5-10H2,1-4H3;2-4H;/q;;+2. The van der Waals surface area contributed by atoms with Gasteiger partial charge in [0.15, 0.2) is 0 Å². The topological polar surface area (TPSA) is 133 Å². The zero-order valence-corrected chi connectivity index (χ0v) is 16.2. The average Bonchev–Trinajstić information content (AvgIpc) is 2.43. The van der Waals surface area contributed by atoms with Crippen molar-refractivity contribution in [1.82, 2.24) is 0 Å². The van der Waals surface area contributed by atoms with Crippen LogP contribution >= 0.6 is 0 Å². The van der Waals surface area contributed by atoms with Gasteiger partial charge in [-0.1, -0.05) is 0 Å². The Morgan fingerprint density at radius 2 is 0.833 bits per heavy atom. The molecule has 1 aliphatic rings. The fourth-order valence-corrected chi connectivity index (χ4v) is 1.59. The second-order valence-corrected chi connectivity index (χ2v) is 5.88. The van der Waals surface area contributed by atoms with Crippen LogP contribution < -0.4 is 4.66 Å². The van der Waals surface area contributed by atoms with Gasteiger partial charge in [-0.15, -0.1) is 0 Å². The van der Waals surface area contributed by atoms with Crippen molar-refractivity contribution in [2.24, 2.45) is 20.0 Å². The summed E-state index contributed by atoms with van der Waals surface area (Å²) in [5.41, 5.74) is 4.19. The molecule has 142 valence electrons. The summed E-state index contributed by atoms with van der Waals surface area (Å²) in [7, 11) is -4.19. The van der Waals surface area contributed by atoms with Crippen LogP contribution in [0.3, 0.4) is 0 Å². The summed E-state index contributed by atoms with van der Waals surface area (Å²) in [6.07, 6.45) is 1.96. The molecule has 3 N–H and O–H groups in total. The van der Waals surface area contributed by atoms with Gasteiger partial charge >= 0.3 is 45.4 Å². The van der Waals surface area contributed by atoms with Gasteiger partial charge in [0.1, 0.15) is 0 Å². The van der Waals surface area contributed by atoms with Gasteiger partial charge in [0.2, 0.25) is 0 Å². The van der Waals surface area contributed by atoms with Gasteiger partial charge in [0, 0.05) is 26.2 Å². The van der Waals surface area contributed by atoms with Gasteiger partial charge in [0.25, 0.3) is 0 Å². The van der Waals surface area contributed by atoms with E-state index in [1.807, 2.05) is 27.7 Å². The van der Waals surface area contributed by atoms with Crippen molar-refractivity contribution in [3.8, 4) is 0 Å². The Morgan fingerprint density at radius 1 is 0.667 bits per heavy atom. The van der Waals surface area contributed by atoms with Gasteiger partial charge in [-0.3, -0.25) is 20.0 Å². The molecule has 0 bridgehead atoms. The summed E-state index contributed by atoms with van der Waals surface area (Å²) >= 11 is 0. The maximum atomic E-state index is 8.83. The third kappa shape index (κ3) is 16.2. The third-order valence-electron chi connectivity index (χ3n) is 3.08. The first-order valence-corrected chi connectivity index (χ1v) is 8.64. The Labute approximate surface area is 155 Å². The maximum absolute atomic E-state index is 8.83. The van der Waals surface area contributed by atoms with Crippen molar-refractivity contribution in [3.05, 3.63) is 0 Å². The molecule has 10 heteroatoms. The average molecular weight is 410 g/mol. The molecule has 0 aliphatic carbocycles. The normalized spacial score (nSPS) is 18.3. The first-order valence-electron chi connectivity index (χ1n) is 7.32. The number of hydrogen-bond donors (Lipinski definition) is 3. The molecule has 0 radical (unpaired) electrons. The van der Waals surface area contributed by atoms with Crippen molar-refractivity contribution in [2.75, 3.05) is 26.2 Å². The Kier molecular flexibility index (Phi) is 14.5. The van der Waals surface area contributed by atoms with E-state index in [0.29, 0.717) is 0 Å². The van der Waals surface area contributed by atoms with Crippen molar-refractivity contribution in [1.29, 1.82) is 0 Å². The zero-order chi connectivity index (χ0) is 17.9. The number of hydrogen-bond acceptors (Lipinski definition) is 8. The third-order valence-corrected chi connectivity index (χ3v) is 3.08. The number of nitrogens with zero attached hydrogens (tertiary/aromatic N) is 4. The van der Waals surface area contributed by atoms with Gasteiger partial charge in [0.05, 0.1) is 22.8 Å². The molecule has 0 unspecified atom stereocenters. The summed E-state index contributed by atoms with van der Waals surface area (Å²) in [6, 6.07) is 0. The van der Waals surface area contributed by atoms with E-state index in [1.165, 1.54) is 0 Å². The molecule has 0 saturated carbocycles. The second-order valence-electron chi connectivity index (χ2n) is 5.01. The summed E-state index contributed by atoms with van der Waals surface area (Å²) in [6.45, 7) is 11.4. The summed E-state index contributed by atoms with van der Waals surface area (Å²) < 4.78 is 30.2. The van der Waals surface area contributed by atoms with Crippen LogP contribution in [0.15, 0.2) is 20.0 Å². The van der Waals surface area contributed by atoms with Crippen LogP contribution in [0.25, 0.3) is 0 Å². The first-order chi connectivity index (χ1) is 10.6. The van der Waals surface area contributed by atoms with Crippen LogP contribution in [0.2, 0.25) is 0 Å². The minimum atomic E-state index is -4.19. The van der Waals surface area contributed by atoms with Gasteiger partial charge in [-0.25, -0.2) is 0 Å². The summed E-state index contributed by atoms with van der Waals surface area (Å²) in [5, 5.41) is 0.